The summed E-state index contributed by atoms with van der Waals surface area (Å²) in [6.07, 6.45) is 2.12. The van der Waals surface area contributed by atoms with E-state index in [4.69, 9.17) is 5.73 Å². The van der Waals surface area contributed by atoms with Gasteiger partial charge < -0.3 is 5.73 Å². The van der Waals surface area contributed by atoms with Gasteiger partial charge in [-0.25, -0.2) is 4.98 Å². The smallest absolute Gasteiger partial charge is 0.0930 e. The first-order valence-electron chi connectivity index (χ1n) is 5.25. The molecule has 1 aromatic heterocycles. The van der Waals surface area contributed by atoms with E-state index in [1.165, 1.54) is 10.7 Å². The van der Waals surface area contributed by atoms with Crippen molar-refractivity contribution in [3.63, 3.8) is 0 Å². The molecule has 80 valence electrons. The second kappa shape index (κ2) is 5.47. The lowest BCUT2D eigenvalue weighted by atomic mass is 10.1. The first-order valence-corrected chi connectivity index (χ1v) is 6.13. The van der Waals surface area contributed by atoms with Crippen LogP contribution in [-0.4, -0.2) is 11.5 Å². The number of hydrogen-bond donors (Lipinski definition) is 1. The van der Waals surface area contributed by atoms with Crippen LogP contribution < -0.4 is 5.73 Å². The van der Waals surface area contributed by atoms with Gasteiger partial charge in [-0.15, -0.1) is 11.3 Å². The van der Waals surface area contributed by atoms with Crippen molar-refractivity contribution in [1.29, 1.82) is 0 Å². The zero-order valence-corrected chi connectivity index (χ0v) is 10.1. The van der Waals surface area contributed by atoms with Crippen LogP contribution in [0.1, 0.15) is 31.5 Å². The van der Waals surface area contributed by atoms with E-state index in [1.54, 1.807) is 11.3 Å². The molecule has 1 rings (SSSR count). The van der Waals surface area contributed by atoms with Crippen molar-refractivity contribution in [3.05, 3.63) is 16.1 Å². The molecule has 0 radical (unpaired) electrons. The van der Waals surface area contributed by atoms with Crippen molar-refractivity contribution >= 4 is 11.3 Å². The van der Waals surface area contributed by atoms with E-state index in [0.717, 1.165) is 19.4 Å². The predicted octanol–water partition coefficient (Wildman–Crippen LogP) is 2.48. The van der Waals surface area contributed by atoms with Crippen molar-refractivity contribution in [1.82, 2.24) is 4.98 Å². The van der Waals surface area contributed by atoms with Gasteiger partial charge in [-0.05, 0) is 24.8 Å². The van der Waals surface area contributed by atoms with Crippen LogP contribution in [0.4, 0.5) is 0 Å². The molecule has 0 saturated heterocycles. The maximum Gasteiger partial charge on any atom is 0.0930 e. The van der Waals surface area contributed by atoms with Gasteiger partial charge in [-0.1, -0.05) is 20.8 Å². The lowest BCUT2D eigenvalue weighted by molar-refractivity contribution is 0.582. The van der Waals surface area contributed by atoms with Gasteiger partial charge >= 0.3 is 0 Å². The Morgan fingerprint density at radius 2 is 2.07 bits per heavy atom. The number of hydrogen-bond acceptors (Lipinski definition) is 3. The van der Waals surface area contributed by atoms with E-state index in [9.17, 15) is 0 Å². The summed E-state index contributed by atoms with van der Waals surface area (Å²) in [5.74, 6) is 1.24. The van der Waals surface area contributed by atoms with Gasteiger partial charge in [0.1, 0.15) is 0 Å². The number of nitrogens with zero attached hydrogens (tertiary/aromatic N) is 1. The summed E-state index contributed by atoms with van der Waals surface area (Å²) >= 11 is 1.78. The van der Waals surface area contributed by atoms with Crippen LogP contribution in [-0.2, 0) is 12.8 Å². The van der Waals surface area contributed by atoms with Crippen molar-refractivity contribution in [2.45, 2.75) is 33.6 Å². The average Bonchev–Trinajstić information content (AvgIpc) is 2.51. The number of rotatable bonds is 5. The minimum atomic E-state index is 0.545. The summed E-state index contributed by atoms with van der Waals surface area (Å²) in [5, 5.41) is 3.43. The van der Waals surface area contributed by atoms with Crippen molar-refractivity contribution in [2.75, 3.05) is 6.54 Å². The Balaban J connectivity index is 2.50. The van der Waals surface area contributed by atoms with E-state index in [0.29, 0.717) is 11.8 Å². The largest absolute Gasteiger partial charge is 0.330 e. The third-order valence-electron chi connectivity index (χ3n) is 2.14. The van der Waals surface area contributed by atoms with Crippen molar-refractivity contribution in [3.8, 4) is 0 Å². The van der Waals surface area contributed by atoms with Crippen LogP contribution in [0.5, 0.6) is 0 Å². The first-order chi connectivity index (χ1) is 6.61. The maximum absolute atomic E-state index is 5.58. The van der Waals surface area contributed by atoms with Gasteiger partial charge in [0.05, 0.1) is 10.7 Å². The normalized spacial score (nSPS) is 13.5. The fourth-order valence-electron chi connectivity index (χ4n) is 1.33. The monoisotopic (exact) mass is 212 g/mol. The molecule has 0 saturated carbocycles. The highest BCUT2D eigenvalue weighted by atomic mass is 32.1. The summed E-state index contributed by atoms with van der Waals surface area (Å²) in [7, 11) is 0. The Morgan fingerprint density at radius 3 is 2.64 bits per heavy atom. The highest BCUT2D eigenvalue weighted by Gasteiger charge is 2.07. The molecule has 0 aliphatic heterocycles. The highest BCUT2D eigenvalue weighted by molar-refractivity contribution is 7.09. The van der Waals surface area contributed by atoms with Gasteiger partial charge in [0.15, 0.2) is 0 Å². The zero-order chi connectivity index (χ0) is 10.6. The van der Waals surface area contributed by atoms with E-state index < -0.39 is 0 Å². The Hall–Kier alpha value is -0.410. The van der Waals surface area contributed by atoms with Crippen LogP contribution in [0.15, 0.2) is 5.38 Å². The predicted molar refractivity (Wildman–Crippen MR) is 62.6 cm³/mol. The second-order valence-corrected chi connectivity index (χ2v) is 5.32. The fourth-order valence-corrected chi connectivity index (χ4v) is 2.35. The molecule has 2 N–H and O–H groups in total. The van der Waals surface area contributed by atoms with Gasteiger partial charge in [-0.2, -0.15) is 0 Å². The molecule has 3 heteroatoms. The Kier molecular flexibility index (Phi) is 4.55. The molecule has 1 atom stereocenters. The van der Waals surface area contributed by atoms with Gasteiger partial charge in [-0.3, -0.25) is 0 Å². The summed E-state index contributed by atoms with van der Waals surface area (Å²) < 4.78 is 0. The van der Waals surface area contributed by atoms with Gasteiger partial charge in [0.2, 0.25) is 0 Å². The molecule has 2 nitrogen and oxygen atoms in total. The molecule has 1 unspecified atom stereocenters. The fraction of sp³-hybridized carbons (Fsp3) is 0.727. The number of thiazole rings is 1. The van der Waals surface area contributed by atoms with Crippen LogP contribution >= 0.6 is 11.3 Å². The van der Waals surface area contributed by atoms with Crippen LogP contribution in [0.3, 0.4) is 0 Å². The third-order valence-corrected chi connectivity index (χ3v) is 3.06. The summed E-state index contributed by atoms with van der Waals surface area (Å²) in [5.41, 5.74) is 6.79. The molecule has 0 fully saturated rings. The average molecular weight is 212 g/mol. The molecule has 0 bridgehead atoms. The van der Waals surface area contributed by atoms with Crippen molar-refractivity contribution in [2.24, 2.45) is 17.6 Å². The van der Waals surface area contributed by atoms with E-state index in [1.807, 2.05) is 0 Å². The van der Waals surface area contributed by atoms with Gasteiger partial charge in [0, 0.05) is 11.8 Å². The molecule has 0 aliphatic carbocycles. The topological polar surface area (TPSA) is 38.9 Å². The van der Waals surface area contributed by atoms with Crippen LogP contribution in [0, 0.1) is 11.8 Å². The SMILES string of the molecule is CC(C)Cc1nc(CC(C)CN)cs1. The minimum Gasteiger partial charge on any atom is -0.330 e. The molecular formula is C11H20N2S. The molecule has 0 aromatic carbocycles. The summed E-state index contributed by atoms with van der Waals surface area (Å²) in [4.78, 5) is 4.60. The molecular weight excluding hydrogens is 192 g/mol. The first kappa shape index (κ1) is 11.7. The Labute approximate surface area is 90.6 Å². The molecule has 1 aromatic rings. The highest BCUT2D eigenvalue weighted by Crippen LogP contribution is 2.16. The molecule has 0 amide bonds. The molecule has 0 aliphatic rings. The molecule has 0 spiro atoms. The summed E-state index contributed by atoms with van der Waals surface area (Å²) in [6, 6.07) is 0. The van der Waals surface area contributed by atoms with E-state index in [-0.39, 0.29) is 0 Å². The van der Waals surface area contributed by atoms with E-state index >= 15 is 0 Å². The number of nitrogens with two attached hydrogens (primary N) is 1. The van der Waals surface area contributed by atoms with E-state index in [2.05, 4.69) is 31.1 Å². The lowest BCUT2D eigenvalue weighted by Crippen LogP contribution is -2.13. The summed E-state index contributed by atoms with van der Waals surface area (Å²) in [6.45, 7) is 7.37. The van der Waals surface area contributed by atoms with Crippen LogP contribution in [0.2, 0.25) is 0 Å². The Bertz CT molecular complexity index is 268. The standard InChI is InChI=1S/C11H20N2S/c1-8(2)4-11-13-10(7-14-11)5-9(3)6-12/h7-9H,4-6,12H2,1-3H3. The quantitative estimate of drug-likeness (QED) is 0.814. The zero-order valence-electron chi connectivity index (χ0n) is 9.29. The number of aromatic nitrogens is 1. The van der Waals surface area contributed by atoms with Crippen LogP contribution in [0.25, 0.3) is 0 Å². The third kappa shape index (κ3) is 3.76. The van der Waals surface area contributed by atoms with Crippen molar-refractivity contribution < 1.29 is 0 Å². The molecule has 14 heavy (non-hydrogen) atoms. The molecule has 1 heterocycles. The van der Waals surface area contributed by atoms with Gasteiger partial charge in [0.25, 0.3) is 0 Å². The lowest BCUT2D eigenvalue weighted by Gasteiger charge is -2.04. The maximum atomic E-state index is 5.58. The Morgan fingerprint density at radius 1 is 1.36 bits per heavy atom. The second-order valence-electron chi connectivity index (χ2n) is 4.38. The minimum absolute atomic E-state index is 0.545.